The first-order chi connectivity index (χ1) is 9.37. The maximum atomic E-state index is 10.1. The Labute approximate surface area is 120 Å². The summed E-state index contributed by atoms with van der Waals surface area (Å²) in [5.41, 5.74) is -0.592. The molecule has 0 spiro atoms. The number of nitrogens with zero attached hydrogens (tertiary/aromatic N) is 2. The number of rotatable bonds is 4. The van der Waals surface area contributed by atoms with Gasteiger partial charge in [0, 0.05) is 7.11 Å². The molecule has 1 fully saturated rings. The Bertz CT molecular complexity index is 431. The Hall–Kier alpha value is -0.940. The normalized spacial score (nSPS) is 20.9. The van der Waals surface area contributed by atoms with Crippen molar-refractivity contribution in [3.8, 4) is 0 Å². The van der Waals surface area contributed by atoms with Gasteiger partial charge < -0.3 is 14.4 Å². The van der Waals surface area contributed by atoms with Crippen LogP contribution in [0.15, 0.2) is 4.52 Å². The molecule has 5 nitrogen and oxygen atoms in total. The molecule has 20 heavy (non-hydrogen) atoms. The predicted molar refractivity (Wildman–Crippen MR) is 75.2 cm³/mol. The van der Waals surface area contributed by atoms with Crippen LogP contribution >= 0.6 is 0 Å². The van der Waals surface area contributed by atoms with Crippen molar-refractivity contribution in [1.29, 1.82) is 0 Å². The molecule has 0 aliphatic heterocycles. The fraction of sp³-hybridized carbons (Fsp3) is 0.867. The number of ether oxygens (including phenoxy) is 1. The van der Waals surface area contributed by atoms with E-state index in [1.807, 2.05) is 20.8 Å². The second-order valence-electron chi connectivity index (χ2n) is 6.86. The van der Waals surface area contributed by atoms with Crippen LogP contribution in [0.1, 0.15) is 64.6 Å². The SMILES string of the molecule is COC1(c2noc(CC(O)C(C)(C)C)n2)CCCCC1. The third kappa shape index (κ3) is 3.20. The van der Waals surface area contributed by atoms with Gasteiger partial charge in [0.15, 0.2) is 0 Å². The maximum absolute atomic E-state index is 10.1. The standard InChI is InChI=1S/C15H26N2O3/c1-14(2,3)11(18)10-12-16-13(17-20-12)15(19-4)8-6-5-7-9-15/h11,18H,5-10H2,1-4H3. The van der Waals surface area contributed by atoms with Crippen molar-refractivity contribution in [2.75, 3.05) is 7.11 Å². The molecule has 1 N–H and O–H groups in total. The van der Waals surface area contributed by atoms with Crippen LogP contribution in [-0.4, -0.2) is 28.5 Å². The highest BCUT2D eigenvalue weighted by Gasteiger charge is 2.38. The minimum Gasteiger partial charge on any atom is -0.392 e. The van der Waals surface area contributed by atoms with Gasteiger partial charge >= 0.3 is 0 Å². The van der Waals surface area contributed by atoms with E-state index in [1.54, 1.807) is 7.11 Å². The van der Waals surface area contributed by atoms with Crippen LogP contribution in [0.5, 0.6) is 0 Å². The smallest absolute Gasteiger partial charge is 0.229 e. The average Bonchev–Trinajstić information content (AvgIpc) is 2.87. The van der Waals surface area contributed by atoms with Gasteiger partial charge in [-0.2, -0.15) is 4.98 Å². The van der Waals surface area contributed by atoms with Crippen molar-refractivity contribution in [3.05, 3.63) is 11.7 Å². The topological polar surface area (TPSA) is 68.4 Å². The zero-order valence-electron chi connectivity index (χ0n) is 13.0. The van der Waals surface area contributed by atoms with Gasteiger partial charge in [0.25, 0.3) is 0 Å². The van der Waals surface area contributed by atoms with Gasteiger partial charge in [0.1, 0.15) is 5.60 Å². The van der Waals surface area contributed by atoms with Crippen LogP contribution in [-0.2, 0) is 16.8 Å². The van der Waals surface area contributed by atoms with Crippen molar-refractivity contribution in [2.24, 2.45) is 5.41 Å². The van der Waals surface area contributed by atoms with Crippen LogP contribution in [0.4, 0.5) is 0 Å². The van der Waals surface area contributed by atoms with Crippen molar-refractivity contribution >= 4 is 0 Å². The Morgan fingerprint density at radius 3 is 2.50 bits per heavy atom. The summed E-state index contributed by atoms with van der Waals surface area (Å²) in [4.78, 5) is 4.47. The zero-order chi connectivity index (χ0) is 14.8. The number of aromatic nitrogens is 2. The van der Waals surface area contributed by atoms with Gasteiger partial charge in [0.05, 0.1) is 12.5 Å². The molecule has 1 aliphatic rings. The fourth-order valence-corrected chi connectivity index (χ4v) is 2.64. The number of aliphatic hydroxyl groups is 1. The lowest BCUT2D eigenvalue weighted by molar-refractivity contribution is -0.0527. The molecular weight excluding hydrogens is 256 g/mol. The van der Waals surface area contributed by atoms with Crippen molar-refractivity contribution in [1.82, 2.24) is 10.1 Å². The molecule has 0 bridgehead atoms. The zero-order valence-corrected chi connectivity index (χ0v) is 13.0. The predicted octanol–water partition coefficient (Wildman–Crippen LogP) is 2.82. The maximum Gasteiger partial charge on any atom is 0.229 e. The van der Waals surface area contributed by atoms with E-state index < -0.39 is 11.7 Å². The highest BCUT2D eigenvalue weighted by molar-refractivity contribution is 5.04. The van der Waals surface area contributed by atoms with Gasteiger partial charge in [-0.1, -0.05) is 45.2 Å². The monoisotopic (exact) mass is 282 g/mol. The largest absolute Gasteiger partial charge is 0.392 e. The molecular formula is C15H26N2O3. The summed E-state index contributed by atoms with van der Waals surface area (Å²) in [6.45, 7) is 5.98. The first-order valence-corrected chi connectivity index (χ1v) is 7.44. The summed E-state index contributed by atoms with van der Waals surface area (Å²) in [7, 11) is 1.71. The summed E-state index contributed by atoms with van der Waals surface area (Å²) >= 11 is 0. The molecule has 1 heterocycles. The quantitative estimate of drug-likeness (QED) is 0.919. The average molecular weight is 282 g/mol. The summed E-state index contributed by atoms with van der Waals surface area (Å²) in [6.07, 6.45) is 5.24. The summed E-state index contributed by atoms with van der Waals surface area (Å²) in [6, 6.07) is 0. The van der Waals surface area contributed by atoms with E-state index in [9.17, 15) is 5.11 Å². The minimum atomic E-state index is -0.499. The van der Waals surface area contributed by atoms with E-state index in [-0.39, 0.29) is 5.41 Å². The Morgan fingerprint density at radius 1 is 1.30 bits per heavy atom. The fourth-order valence-electron chi connectivity index (χ4n) is 2.64. The number of hydrogen-bond acceptors (Lipinski definition) is 5. The van der Waals surface area contributed by atoms with E-state index >= 15 is 0 Å². The van der Waals surface area contributed by atoms with Crippen molar-refractivity contribution in [3.63, 3.8) is 0 Å². The summed E-state index contributed by atoms with van der Waals surface area (Å²) < 4.78 is 11.0. The molecule has 1 unspecified atom stereocenters. The third-order valence-corrected chi connectivity index (χ3v) is 4.30. The van der Waals surface area contributed by atoms with Crippen molar-refractivity contribution < 1.29 is 14.4 Å². The van der Waals surface area contributed by atoms with E-state index in [4.69, 9.17) is 9.26 Å². The van der Waals surface area contributed by atoms with Gasteiger partial charge in [-0.25, -0.2) is 0 Å². The highest BCUT2D eigenvalue weighted by atomic mass is 16.5. The second-order valence-corrected chi connectivity index (χ2v) is 6.86. The van der Waals surface area contributed by atoms with Crippen molar-refractivity contribution in [2.45, 2.75) is 71.0 Å². The van der Waals surface area contributed by atoms with Gasteiger partial charge in [0.2, 0.25) is 11.7 Å². The number of hydrogen-bond donors (Lipinski definition) is 1. The third-order valence-electron chi connectivity index (χ3n) is 4.30. The van der Waals surface area contributed by atoms with Crippen LogP contribution in [0.2, 0.25) is 0 Å². The van der Waals surface area contributed by atoms with Crippen LogP contribution in [0.25, 0.3) is 0 Å². The summed E-state index contributed by atoms with van der Waals surface area (Å²) in [5.74, 6) is 1.13. The lowest BCUT2D eigenvalue weighted by atomic mass is 9.84. The first-order valence-electron chi connectivity index (χ1n) is 7.44. The Kier molecular flexibility index (Phi) is 4.49. The lowest BCUT2D eigenvalue weighted by Crippen LogP contribution is -2.32. The van der Waals surface area contributed by atoms with E-state index in [0.29, 0.717) is 18.1 Å². The van der Waals surface area contributed by atoms with Gasteiger partial charge in [-0.15, -0.1) is 0 Å². The molecule has 0 amide bonds. The molecule has 5 heteroatoms. The molecule has 1 aromatic heterocycles. The molecule has 1 saturated carbocycles. The minimum absolute atomic E-state index is 0.196. The molecule has 0 radical (unpaired) electrons. The Balaban J connectivity index is 2.11. The molecule has 1 atom stereocenters. The molecule has 0 saturated heterocycles. The van der Waals surface area contributed by atoms with Gasteiger partial charge in [-0.3, -0.25) is 0 Å². The molecule has 1 aromatic rings. The Morgan fingerprint density at radius 2 is 1.95 bits per heavy atom. The van der Waals surface area contributed by atoms with Crippen LogP contribution in [0.3, 0.4) is 0 Å². The molecule has 2 rings (SSSR count). The number of methoxy groups -OCH3 is 1. The summed E-state index contributed by atoms with van der Waals surface area (Å²) in [5, 5.41) is 14.2. The van der Waals surface area contributed by atoms with E-state index in [0.717, 1.165) is 25.7 Å². The first kappa shape index (κ1) is 15.4. The van der Waals surface area contributed by atoms with E-state index in [1.165, 1.54) is 6.42 Å². The number of aliphatic hydroxyl groups excluding tert-OH is 1. The van der Waals surface area contributed by atoms with E-state index in [2.05, 4.69) is 10.1 Å². The van der Waals surface area contributed by atoms with Crippen LogP contribution < -0.4 is 0 Å². The van der Waals surface area contributed by atoms with Gasteiger partial charge in [-0.05, 0) is 18.3 Å². The second kappa shape index (κ2) is 5.82. The highest BCUT2D eigenvalue weighted by Crippen LogP contribution is 2.38. The molecule has 0 aromatic carbocycles. The molecule has 114 valence electrons. The lowest BCUT2D eigenvalue weighted by Gasteiger charge is -2.32. The molecule has 1 aliphatic carbocycles. The van der Waals surface area contributed by atoms with Crippen LogP contribution in [0, 0.1) is 5.41 Å².